The highest BCUT2D eigenvalue weighted by Crippen LogP contribution is 2.12. The fraction of sp³-hybridized carbons (Fsp3) is 0.333. The summed E-state index contributed by atoms with van der Waals surface area (Å²) in [5.74, 6) is 0.767. The Morgan fingerprint density at radius 2 is 2.24 bits per heavy atom. The Morgan fingerprint density at radius 3 is 2.88 bits per heavy atom. The van der Waals surface area contributed by atoms with Crippen molar-refractivity contribution in [3.63, 3.8) is 0 Å². The summed E-state index contributed by atoms with van der Waals surface area (Å²) in [6.07, 6.45) is 1.08. The van der Waals surface area contributed by atoms with Crippen LogP contribution in [0.15, 0.2) is 10.7 Å². The topological polar surface area (TPSA) is 88.8 Å². The van der Waals surface area contributed by atoms with Gasteiger partial charge in [0.2, 0.25) is 11.8 Å². The number of anilines is 2. The lowest BCUT2D eigenvalue weighted by molar-refractivity contribution is 0.379. The lowest BCUT2D eigenvalue weighted by Crippen LogP contribution is -2.07. The second-order valence-electron chi connectivity index (χ2n) is 3.23. The van der Waals surface area contributed by atoms with Gasteiger partial charge in [0.25, 0.3) is 0 Å². The lowest BCUT2D eigenvalue weighted by Gasteiger charge is -2.05. The zero-order valence-corrected chi connectivity index (χ0v) is 9.36. The zero-order chi connectivity index (χ0) is 12.3. The molecule has 7 nitrogen and oxygen atoms in total. The van der Waals surface area contributed by atoms with E-state index in [9.17, 15) is 4.39 Å². The first-order valence-electron chi connectivity index (χ1n) is 4.92. The molecule has 0 atom stereocenters. The fourth-order valence-electron chi connectivity index (χ4n) is 1.18. The molecule has 2 rings (SSSR count). The molecule has 0 spiro atoms. The van der Waals surface area contributed by atoms with E-state index in [1.165, 1.54) is 0 Å². The van der Waals surface area contributed by atoms with Crippen molar-refractivity contribution in [1.29, 1.82) is 0 Å². The van der Waals surface area contributed by atoms with E-state index in [-0.39, 0.29) is 12.4 Å². The van der Waals surface area contributed by atoms with Gasteiger partial charge in [-0.1, -0.05) is 5.16 Å². The summed E-state index contributed by atoms with van der Waals surface area (Å²) in [4.78, 5) is 11.6. The van der Waals surface area contributed by atoms with Gasteiger partial charge in [0, 0.05) is 7.05 Å². The van der Waals surface area contributed by atoms with Gasteiger partial charge in [0.15, 0.2) is 17.5 Å². The van der Waals surface area contributed by atoms with Crippen LogP contribution in [0.1, 0.15) is 11.7 Å². The lowest BCUT2D eigenvalue weighted by atomic mass is 10.5. The normalized spacial score (nSPS) is 10.3. The zero-order valence-electron chi connectivity index (χ0n) is 9.36. The van der Waals surface area contributed by atoms with Crippen molar-refractivity contribution >= 4 is 11.8 Å². The molecule has 0 bridgehead atoms. The van der Waals surface area contributed by atoms with E-state index in [1.807, 2.05) is 0 Å². The molecule has 0 fully saturated rings. The van der Waals surface area contributed by atoms with Crippen LogP contribution in [0.25, 0.3) is 0 Å². The minimum Gasteiger partial charge on any atom is -0.358 e. The van der Waals surface area contributed by atoms with Gasteiger partial charge < -0.3 is 15.2 Å². The Morgan fingerprint density at radius 1 is 1.41 bits per heavy atom. The van der Waals surface area contributed by atoms with Crippen molar-refractivity contribution in [2.75, 3.05) is 17.7 Å². The molecule has 0 saturated heterocycles. The minimum absolute atomic E-state index is 0.0835. The monoisotopic (exact) mass is 238 g/mol. The molecule has 0 radical (unpaired) electrons. The molecule has 2 aromatic rings. The van der Waals surface area contributed by atoms with Gasteiger partial charge in [-0.3, -0.25) is 0 Å². The van der Waals surface area contributed by atoms with Gasteiger partial charge in [-0.25, -0.2) is 9.37 Å². The van der Waals surface area contributed by atoms with Gasteiger partial charge in [-0.05, 0) is 6.92 Å². The van der Waals surface area contributed by atoms with Crippen molar-refractivity contribution in [2.45, 2.75) is 13.5 Å². The molecule has 17 heavy (non-hydrogen) atoms. The predicted octanol–water partition coefficient (Wildman–Crippen LogP) is 0.961. The van der Waals surface area contributed by atoms with Crippen LogP contribution >= 0.6 is 0 Å². The van der Waals surface area contributed by atoms with Crippen LogP contribution in [-0.2, 0) is 6.54 Å². The SMILES string of the molecule is CNc1ncc(F)c(NCc2nc(C)no2)n1. The van der Waals surface area contributed by atoms with Crippen LogP contribution in [0.5, 0.6) is 0 Å². The number of rotatable bonds is 4. The molecule has 0 aromatic carbocycles. The van der Waals surface area contributed by atoms with E-state index < -0.39 is 5.82 Å². The smallest absolute Gasteiger partial charge is 0.245 e. The molecule has 90 valence electrons. The molecule has 0 aliphatic heterocycles. The highest BCUT2D eigenvalue weighted by molar-refractivity contribution is 5.40. The first-order valence-corrected chi connectivity index (χ1v) is 4.92. The van der Waals surface area contributed by atoms with Gasteiger partial charge in [0.1, 0.15) is 0 Å². The van der Waals surface area contributed by atoms with E-state index in [1.54, 1.807) is 14.0 Å². The number of aromatic nitrogens is 4. The van der Waals surface area contributed by atoms with Crippen LogP contribution in [0.4, 0.5) is 16.2 Å². The highest BCUT2D eigenvalue weighted by Gasteiger charge is 2.08. The molecule has 8 heteroatoms. The van der Waals surface area contributed by atoms with Crippen molar-refractivity contribution in [1.82, 2.24) is 20.1 Å². The van der Waals surface area contributed by atoms with Crippen molar-refractivity contribution in [3.05, 3.63) is 23.7 Å². The summed E-state index contributed by atoms with van der Waals surface area (Å²) < 4.78 is 18.2. The van der Waals surface area contributed by atoms with Crippen molar-refractivity contribution in [3.8, 4) is 0 Å². The van der Waals surface area contributed by atoms with Gasteiger partial charge in [-0.2, -0.15) is 9.97 Å². The standard InChI is InChI=1S/C9H11FN6O/c1-5-14-7(17-16-5)4-12-8-6(10)3-13-9(11-2)15-8/h3H,4H2,1-2H3,(H2,11,12,13,15). The Balaban J connectivity index is 2.07. The van der Waals surface area contributed by atoms with Crippen LogP contribution in [0.2, 0.25) is 0 Å². The Labute approximate surface area is 96.5 Å². The maximum absolute atomic E-state index is 13.3. The van der Waals surface area contributed by atoms with E-state index >= 15 is 0 Å². The Kier molecular flexibility index (Phi) is 3.12. The second-order valence-corrected chi connectivity index (χ2v) is 3.23. The molecular formula is C9H11FN6O. The number of hydrogen-bond acceptors (Lipinski definition) is 7. The molecular weight excluding hydrogens is 227 g/mol. The maximum Gasteiger partial charge on any atom is 0.245 e. The molecule has 0 unspecified atom stereocenters. The first kappa shape index (κ1) is 11.2. The summed E-state index contributed by atoms with van der Waals surface area (Å²) in [5, 5.41) is 9.09. The maximum atomic E-state index is 13.3. The quantitative estimate of drug-likeness (QED) is 0.820. The van der Waals surface area contributed by atoms with E-state index in [4.69, 9.17) is 4.52 Å². The molecule has 0 aliphatic carbocycles. The third-order valence-corrected chi connectivity index (χ3v) is 1.94. The van der Waals surface area contributed by atoms with Crippen LogP contribution in [-0.4, -0.2) is 27.2 Å². The minimum atomic E-state index is -0.541. The number of nitrogens with one attached hydrogen (secondary N) is 2. The number of halogens is 1. The number of nitrogens with zero attached hydrogens (tertiary/aromatic N) is 4. The second kappa shape index (κ2) is 4.73. The van der Waals surface area contributed by atoms with Crippen LogP contribution in [0.3, 0.4) is 0 Å². The highest BCUT2D eigenvalue weighted by atomic mass is 19.1. The summed E-state index contributed by atoms with van der Waals surface area (Å²) in [6.45, 7) is 1.91. The first-order chi connectivity index (χ1) is 8.19. The molecule has 0 aliphatic rings. The summed E-state index contributed by atoms with van der Waals surface area (Å²) in [5.41, 5.74) is 0. The summed E-state index contributed by atoms with van der Waals surface area (Å²) in [7, 11) is 1.65. The Bertz CT molecular complexity index is 514. The molecule has 2 heterocycles. The number of hydrogen-bond donors (Lipinski definition) is 2. The van der Waals surface area contributed by atoms with Crippen LogP contribution in [0, 0.1) is 12.7 Å². The van der Waals surface area contributed by atoms with Crippen LogP contribution < -0.4 is 10.6 Å². The largest absolute Gasteiger partial charge is 0.358 e. The average molecular weight is 238 g/mol. The Hall–Kier alpha value is -2.25. The third-order valence-electron chi connectivity index (χ3n) is 1.94. The van der Waals surface area contributed by atoms with Gasteiger partial charge in [-0.15, -0.1) is 0 Å². The fourth-order valence-corrected chi connectivity index (χ4v) is 1.18. The average Bonchev–Trinajstić information content (AvgIpc) is 2.74. The molecule has 0 saturated carbocycles. The van der Waals surface area contributed by atoms with Crippen molar-refractivity contribution < 1.29 is 8.91 Å². The molecule has 2 N–H and O–H groups in total. The van der Waals surface area contributed by atoms with Gasteiger partial charge >= 0.3 is 0 Å². The van der Waals surface area contributed by atoms with E-state index in [0.29, 0.717) is 17.7 Å². The summed E-state index contributed by atoms with van der Waals surface area (Å²) in [6, 6.07) is 0. The molecule has 2 aromatic heterocycles. The summed E-state index contributed by atoms with van der Waals surface area (Å²) >= 11 is 0. The van der Waals surface area contributed by atoms with E-state index in [2.05, 4.69) is 30.7 Å². The van der Waals surface area contributed by atoms with Gasteiger partial charge in [0.05, 0.1) is 12.7 Å². The predicted molar refractivity (Wildman–Crippen MR) is 57.9 cm³/mol. The number of aryl methyl sites for hydroxylation is 1. The van der Waals surface area contributed by atoms with E-state index in [0.717, 1.165) is 6.20 Å². The van der Waals surface area contributed by atoms with Crippen molar-refractivity contribution in [2.24, 2.45) is 0 Å². The molecule has 0 amide bonds. The third kappa shape index (κ3) is 2.65.